The normalized spacial score (nSPS) is 13.1. The van der Waals surface area contributed by atoms with Crippen LogP contribution in [-0.4, -0.2) is 16.1 Å². The molecule has 2 aromatic heterocycles. The van der Waals surface area contributed by atoms with Gasteiger partial charge >= 0.3 is 12.1 Å². The number of allylic oxidation sites excluding steroid dienone is 4. The third-order valence-corrected chi connectivity index (χ3v) is 5.37. The van der Waals surface area contributed by atoms with E-state index in [-0.39, 0.29) is 27.9 Å². The number of pyridine rings is 1. The van der Waals surface area contributed by atoms with Gasteiger partial charge in [-0.15, -0.1) is 6.42 Å². The van der Waals surface area contributed by atoms with Crippen molar-refractivity contribution in [2.45, 2.75) is 39.9 Å². The lowest BCUT2D eigenvalue weighted by Gasteiger charge is -2.20. The first-order valence-corrected chi connectivity index (χ1v) is 10.8. The Morgan fingerprint density at radius 1 is 1.28 bits per heavy atom. The van der Waals surface area contributed by atoms with Crippen LogP contribution in [0.4, 0.5) is 18.9 Å². The van der Waals surface area contributed by atoms with E-state index in [2.05, 4.69) is 16.2 Å². The Labute approximate surface area is 205 Å². The van der Waals surface area contributed by atoms with Crippen LogP contribution in [-0.2, 0) is 6.18 Å². The van der Waals surface area contributed by atoms with Gasteiger partial charge in [0.05, 0.1) is 17.1 Å². The smallest absolute Gasteiger partial charge is 0.423 e. The van der Waals surface area contributed by atoms with Gasteiger partial charge in [0.1, 0.15) is 11.1 Å². The number of benzene rings is 1. The van der Waals surface area contributed by atoms with E-state index < -0.39 is 34.9 Å². The summed E-state index contributed by atoms with van der Waals surface area (Å²) >= 11 is 0. The number of hydrogen-bond donors (Lipinski definition) is 2. The summed E-state index contributed by atoms with van der Waals surface area (Å²) in [7, 11) is 0. The van der Waals surface area contributed by atoms with Gasteiger partial charge in [-0.1, -0.05) is 24.1 Å². The second-order valence-electron chi connectivity index (χ2n) is 8.15. The third kappa shape index (κ3) is 5.18. The average molecular weight is 496 g/mol. The van der Waals surface area contributed by atoms with Crippen LogP contribution in [0, 0.1) is 26.2 Å². The Morgan fingerprint density at radius 3 is 2.56 bits per heavy atom. The zero-order chi connectivity index (χ0) is 26.8. The first-order valence-electron chi connectivity index (χ1n) is 10.8. The molecule has 1 atom stereocenters. The van der Waals surface area contributed by atoms with Gasteiger partial charge in [-0.05, 0) is 57.5 Å². The van der Waals surface area contributed by atoms with Crippen LogP contribution < -0.4 is 10.7 Å². The van der Waals surface area contributed by atoms with E-state index in [9.17, 15) is 27.9 Å². The van der Waals surface area contributed by atoms with Crippen molar-refractivity contribution in [3.05, 3.63) is 86.6 Å². The third-order valence-electron chi connectivity index (χ3n) is 5.37. The number of terminal acetylenes is 1. The van der Waals surface area contributed by atoms with Crippen LogP contribution in [0.2, 0.25) is 0 Å². The van der Waals surface area contributed by atoms with Gasteiger partial charge in [-0.25, -0.2) is 9.78 Å². The maximum atomic E-state index is 14.0. The Kier molecular flexibility index (Phi) is 7.39. The van der Waals surface area contributed by atoms with Crippen LogP contribution >= 0.6 is 0 Å². The quantitative estimate of drug-likeness (QED) is 0.308. The number of aromatic carboxylic acids is 1. The molecule has 0 fully saturated rings. The second-order valence-corrected chi connectivity index (χ2v) is 8.15. The van der Waals surface area contributed by atoms with Crippen molar-refractivity contribution in [1.82, 2.24) is 4.98 Å². The monoisotopic (exact) mass is 496 g/mol. The highest BCUT2D eigenvalue weighted by atomic mass is 19.4. The van der Waals surface area contributed by atoms with Crippen molar-refractivity contribution >= 4 is 28.2 Å². The molecule has 36 heavy (non-hydrogen) atoms. The fourth-order valence-electron chi connectivity index (χ4n) is 3.86. The minimum atomic E-state index is -5.00. The molecule has 3 rings (SSSR count). The lowest BCUT2D eigenvalue weighted by molar-refractivity contribution is -0.139. The lowest BCUT2D eigenvalue weighted by atomic mass is 9.98. The van der Waals surface area contributed by atoms with E-state index in [1.807, 2.05) is 0 Å². The van der Waals surface area contributed by atoms with Gasteiger partial charge in [-0.2, -0.15) is 13.2 Å². The van der Waals surface area contributed by atoms with Crippen LogP contribution in [0.25, 0.3) is 16.5 Å². The Hall–Kier alpha value is -4.32. The predicted molar refractivity (Wildman–Crippen MR) is 132 cm³/mol. The number of rotatable bonds is 6. The van der Waals surface area contributed by atoms with E-state index in [0.717, 1.165) is 6.08 Å². The summed E-state index contributed by atoms with van der Waals surface area (Å²) in [6, 6.07) is 5.47. The summed E-state index contributed by atoms with van der Waals surface area (Å²) in [4.78, 5) is 28.9. The van der Waals surface area contributed by atoms with Crippen molar-refractivity contribution in [1.29, 1.82) is 0 Å². The summed E-state index contributed by atoms with van der Waals surface area (Å²) in [5, 5.41) is 12.3. The molecule has 0 aliphatic heterocycles. The fourth-order valence-corrected chi connectivity index (χ4v) is 3.86. The Balaban J connectivity index is 2.34. The average Bonchev–Trinajstić information content (AvgIpc) is 2.78. The first-order chi connectivity index (χ1) is 16.9. The summed E-state index contributed by atoms with van der Waals surface area (Å²) in [6.07, 6.45) is 4.20. The fraction of sp³-hybridized carbons (Fsp3) is 0.222. The van der Waals surface area contributed by atoms with Gasteiger partial charge in [0.15, 0.2) is 11.5 Å². The molecule has 0 radical (unpaired) electrons. The minimum Gasteiger partial charge on any atom is -0.476 e. The number of halogens is 3. The maximum absolute atomic E-state index is 14.0. The molecule has 0 bridgehead atoms. The van der Waals surface area contributed by atoms with E-state index in [4.69, 9.17) is 10.8 Å². The second kappa shape index (κ2) is 10.1. The zero-order valence-electron chi connectivity index (χ0n) is 19.9. The number of aromatic nitrogens is 1. The largest absolute Gasteiger partial charge is 0.476 e. The van der Waals surface area contributed by atoms with Crippen LogP contribution in [0.1, 0.15) is 58.5 Å². The van der Waals surface area contributed by atoms with Crippen molar-refractivity contribution in [3.63, 3.8) is 0 Å². The molecule has 2 heterocycles. The number of carbonyl (C=O) groups is 1. The molecule has 9 heteroatoms. The molecule has 186 valence electrons. The zero-order valence-corrected chi connectivity index (χ0v) is 19.9. The molecule has 0 aliphatic rings. The molecule has 0 spiro atoms. The number of carboxylic acids is 1. The molecule has 0 aliphatic carbocycles. The van der Waals surface area contributed by atoms with Gasteiger partial charge in [0, 0.05) is 16.8 Å². The number of carboxylic acid groups (broad SMARTS) is 1. The van der Waals surface area contributed by atoms with E-state index >= 15 is 0 Å². The summed E-state index contributed by atoms with van der Waals surface area (Å²) in [6.45, 7) is 6.54. The van der Waals surface area contributed by atoms with E-state index in [0.29, 0.717) is 16.8 Å². The molecular weight excluding hydrogens is 473 g/mol. The lowest BCUT2D eigenvalue weighted by Crippen LogP contribution is -2.23. The first kappa shape index (κ1) is 26.3. The van der Waals surface area contributed by atoms with Crippen molar-refractivity contribution in [3.8, 4) is 12.3 Å². The minimum absolute atomic E-state index is 0.0713. The molecule has 0 amide bonds. The molecule has 0 saturated heterocycles. The predicted octanol–water partition coefficient (Wildman–Crippen LogP) is 6.29. The molecule has 6 nitrogen and oxygen atoms in total. The van der Waals surface area contributed by atoms with Crippen LogP contribution in [0.15, 0.2) is 51.7 Å². The van der Waals surface area contributed by atoms with Crippen molar-refractivity contribution < 1.29 is 27.5 Å². The van der Waals surface area contributed by atoms with Gasteiger partial charge in [0.2, 0.25) is 5.43 Å². The molecular formula is C27H23F3N2O4. The summed E-state index contributed by atoms with van der Waals surface area (Å²) < 4.78 is 47.9. The highest BCUT2D eigenvalue weighted by Gasteiger charge is 2.40. The standard InChI is InChI=1S/C27H23F3N2O4/c1-6-8-17(9-7-2)24-21(27(28,29)30)23(33)19-13-14(3)12-18(25(19)36-24)16(5)32-20-11-10-15(4)31-22(20)26(34)35/h1,7-13,16,32H,2-5H3,(H,34,35)/b9-7-,17-8+. The van der Waals surface area contributed by atoms with E-state index in [1.165, 1.54) is 18.2 Å². The summed E-state index contributed by atoms with van der Waals surface area (Å²) in [5.41, 5.74) is -1.50. The van der Waals surface area contributed by atoms with Crippen molar-refractivity contribution in [2.24, 2.45) is 0 Å². The van der Waals surface area contributed by atoms with Crippen LogP contribution in [0.5, 0.6) is 0 Å². The molecule has 2 N–H and O–H groups in total. The highest BCUT2D eigenvalue weighted by Crippen LogP contribution is 2.37. The van der Waals surface area contributed by atoms with Gasteiger partial charge < -0.3 is 14.8 Å². The Bertz CT molecular complexity index is 1510. The molecule has 0 saturated carbocycles. The molecule has 1 unspecified atom stereocenters. The molecule has 1 aromatic carbocycles. The van der Waals surface area contributed by atoms with Gasteiger partial charge in [-0.3, -0.25) is 4.79 Å². The maximum Gasteiger partial charge on any atom is 0.423 e. The van der Waals surface area contributed by atoms with Crippen molar-refractivity contribution in [2.75, 3.05) is 5.32 Å². The number of nitrogens with zero attached hydrogens (tertiary/aromatic N) is 1. The number of anilines is 1. The number of hydrogen-bond acceptors (Lipinski definition) is 5. The number of fused-ring (bicyclic) bond motifs is 1. The number of nitrogens with one attached hydrogen (secondary N) is 1. The SMILES string of the molecule is C#C/C=C(\C=C/C)c1oc2c(C(C)Nc3ccc(C)nc3C(=O)O)cc(C)cc2c(=O)c1C(F)(F)F. The number of alkyl halides is 3. The van der Waals surface area contributed by atoms with E-state index in [1.54, 1.807) is 45.9 Å². The highest BCUT2D eigenvalue weighted by molar-refractivity contribution is 5.92. The molecule has 3 aromatic rings. The Morgan fingerprint density at radius 2 is 1.97 bits per heavy atom. The number of aryl methyl sites for hydroxylation is 2. The topological polar surface area (TPSA) is 92.4 Å². The van der Waals surface area contributed by atoms with Gasteiger partial charge in [0.25, 0.3) is 0 Å². The summed E-state index contributed by atoms with van der Waals surface area (Å²) in [5.74, 6) is 0.234. The van der Waals surface area contributed by atoms with Crippen LogP contribution in [0.3, 0.4) is 0 Å².